The Morgan fingerprint density at radius 2 is 0.282 bits per heavy atom. The third-order valence-corrected chi connectivity index (χ3v) is 17.6. The monoisotopic (exact) mass is 1110 g/mol. The highest BCUT2D eigenvalue weighted by Gasteiger charge is 2.45. The molecular formula is C76H54N8S+8. The van der Waals surface area contributed by atoms with E-state index in [0.717, 1.165) is 170 Å². The second-order valence-electron chi connectivity index (χ2n) is 21.5. The normalized spacial score (nSPS) is 13.3. The van der Waals surface area contributed by atoms with Crippen LogP contribution >= 0.6 is 11.8 Å². The molecule has 16 bridgehead atoms. The highest BCUT2D eigenvalue weighted by Crippen LogP contribution is 2.49. The first-order valence-electron chi connectivity index (χ1n) is 28.7. The Hall–Kier alpha value is -11.1. The van der Waals surface area contributed by atoms with Gasteiger partial charge in [0, 0.05) is 72.8 Å². The Morgan fingerprint density at radius 1 is 0.153 bits per heavy atom. The summed E-state index contributed by atoms with van der Waals surface area (Å²) in [4.78, 5) is 31.9. The molecule has 10 heterocycles. The molecule has 0 radical (unpaired) electrons. The predicted molar refractivity (Wildman–Crippen MR) is 339 cm³/mol. The highest BCUT2D eigenvalue weighted by atomic mass is 32.2. The standard InChI is InChI=1S/C76H54N8S/c1-7-19-47(20-8-1)69-53-31-35-57(77-53)71(49-23-11-3-12-24-49)61-39-43-65(81-61)75(66-44-40-62(82-66)72(50-25-13-4-14-26-50)58-36-32-54(69)78-58)85-76-67-45-41-63(83-67)73(51-27-15-5-16-28-51)59-37-33-55(79-59)70(48-21-9-2-10-22-48)56-34-38-60(80-56)74(52-29-17-6-18-30-52)64-42-46-68(76)84-64/h1-46,77-84H/q+8. The van der Waals surface area contributed by atoms with Crippen LogP contribution in [0.5, 0.6) is 0 Å². The van der Waals surface area contributed by atoms with Crippen molar-refractivity contribution in [2.45, 2.75) is 0 Å². The summed E-state index contributed by atoms with van der Waals surface area (Å²) < 4.78 is 0. The van der Waals surface area contributed by atoms with Gasteiger partial charge >= 0.3 is 0 Å². The molecule has 14 aromatic rings. The fourth-order valence-electron chi connectivity index (χ4n) is 12.4. The summed E-state index contributed by atoms with van der Waals surface area (Å²) in [5, 5.41) is 2.01. The molecule has 0 atom stereocenters. The van der Waals surface area contributed by atoms with Gasteiger partial charge in [-0.3, -0.25) is 0 Å². The van der Waals surface area contributed by atoms with Crippen molar-refractivity contribution in [2.75, 3.05) is 0 Å². The van der Waals surface area contributed by atoms with Crippen LogP contribution in [0.15, 0.2) is 279 Å². The fourth-order valence-corrected chi connectivity index (χ4v) is 13.5. The second-order valence-corrected chi connectivity index (χ2v) is 22.5. The maximum Gasteiger partial charge on any atom is 0.180 e. The van der Waals surface area contributed by atoms with Crippen molar-refractivity contribution in [2.24, 2.45) is 0 Å². The lowest BCUT2D eigenvalue weighted by atomic mass is 9.92. The zero-order valence-electron chi connectivity index (χ0n) is 46.0. The van der Waals surface area contributed by atoms with Crippen LogP contribution in [0.1, 0.15) is 124 Å². The molecule has 0 saturated carbocycles. The average molecular weight is 1110 g/mol. The Bertz CT molecular complexity index is 3980. The minimum Gasteiger partial charge on any atom is -0.327 e. The van der Waals surface area contributed by atoms with Gasteiger partial charge in [-0.15, -0.1) is 0 Å². The molecule has 0 aliphatic carbocycles. The molecule has 8 aromatic heterocycles. The summed E-state index contributed by atoms with van der Waals surface area (Å²) in [6.07, 6.45) is 0. The van der Waals surface area contributed by atoms with E-state index >= 15 is 0 Å². The lowest BCUT2D eigenvalue weighted by Gasteiger charge is -2.14. The fraction of sp³-hybridized carbons (Fsp3) is 0. The van der Waals surface area contributed by atoms with Crippen LogP contribution in [0.3, 0.4) is 0 Å². The topological polar surface area (TPSA) is 126 Å². The lowest BCUT2D eigenvalue weighted by Crippen LogP contribution is -2.12. The van der Waals surface area contributed by atoms with Gasteiger partial charge in [-0.2, -0.15) is 0 Å². The van der Waals surface area contributed by atoms with Gasteiger partial charge in [0.2, 0.25) is 0 Å². The van der Waals surface area contributed by atoms with Crippen LogP contribution in [-0.2, 0) is 0 Å². The van der Waals surface area contributed by atoms with Gasteiger partial charge in [0.15, 0.2) is 33.3 Å². The van der Waals surface area contributed by atoms with Gasteiger partial charge in [-0.25, -0.2) is 0 Å². The summed E-state index contributed by atoms with van der Waals surface area (Å²) in [6, 6.07) is 99.5. The third kappa shape index (κ3) is 9.07. The molecule has 6 aromatic carbocycles. The van der Waals surface area contributed by atoms with Crippen LogP contribution in [0.4, 0.5) is 0 Å². The number of H-pyrrole nitrogens is 8. The minimum absolute atomic E-state index is 0.954. The highest BCUT2D eigenvalue weighted by molar-refractivity contribution is 8.05. The van der Waals surface area contributed by atoms with Crippen LogP contribution in [-0.4, -0.2) is 39.9 Å². The van der Waals surface area contributed by atoms with Gasteiger partial charge in [0.25, 0.3) is 0 Å². The van der Waals surface area contributed by atoms with Crippen molar-refractivity contribution in [3.8, 4) is 0 Å². The van der Waals surface area contributed by atoms with E-state index in [4.69, 9.17) is 0 Å². The van der Waals surface area contributed by atoms with Gasteiger partial charge < -0.3 is 39.9 Å². The maximum absolute atomic E-state index is 4.03. The number of fused-ring (bicyclic) bond motifs is 16. The quantitative estimate of drug-likeness (QED) is 0.0709. The summed E-state index contributed by atoms with van der Waals surface area (Å²) in [7, 11) is 0. The lowest BCUT2D eigenvalue weighted by molar-refractivity contribution is 1.02. The van der Waals surface area contributed by atoms with Crippen molar-refractivity contribution in [1.82, 2.24) is 39.9 Å². The van der Waals surface area contributed by atoms with E-state index in [1.165, 1.54) is 0 Å². The van der Waals surface area contributed by atoms with Crippen molar-refractivity contribution >= 4 is 11.8 Å². The van der Waals surface area contributed by atoms with Gasteiger partial charge in [-0.05, 0) is 109 Å². The molecule has 0 saturated heterocycles. The SMILES string of the molecule is c1ccc([C+]2c3ccc([nH]3)[C+](S[C+]3c4ccc([nH]4)[C+](c4ccccc4)c4ccc([nH]4)[C+](c4ccccc4)c4ccc([nH]4)[C+](c4ccccc4)c4ccc3[nH]4)c3ccc([nH]3)[C+](c3ccccc3)c3ccc([nH]3)[C+](c3ccccc3)c3ccc2[nH]3)cc1. The summed E-state index contributed by atoms with van der Waals surface area (Å²) in [5.41, 5.74) is 22.3. The van der Waals surface area contributed by atoms with Crippen LogP contribution < -0.4 is 0 Å². The zero-order chi connectivity index (χ0) is 56.2. The molecule has 396 valence electrons. The van der Waals surface area contributed by atoms with Gasteiger partial charge in [0.05, 0.1) is 142 Å². The van der Waals surface area contributed by atoms with Crippen molar-refractivity contribution in [1.29, 1.82) is 0 Å². The average Bonchev–Trinajstić information content (AvgIpc) is 4.54. The number of aromatic amines is 8. The number of benzene rings is 6. The molecule has 0 unspecified atom stereocenters. The Kier molecular flexibility index (Phi) is 12.3. The Morgan fingerprint density at radius 3 is 0.435 bits per heavy atom. The molecule has 8 nitrogen and oxygen atoms in total. The number of nitrogens with one attached hydrogen (secondary N) is 8. The van der Waals surface area contributed by atoms with Crippen LogP contribution in [0.2, 0.25) is 0 Å². The summed E-state index contributed by atoms with van der Waals surface area (Å²) in [6.45, 7) is 0. The van der Waals surface area contributed by atoms with Crippen molar-refractivity contribution in [3.05, 3.63) is 450 Å². The van der Waals surface area contributed by atoms with E-state index in [1.54, 1.807) is 11.8 Å². The molecular weight excluding hydrogens is 1060 g/mol. The molecule has 0 amide bonds. The first kappa shape index (κ1) is 49.7. The van der Waals surface area contributed by atoms with E-state index in [1.807, 2.05) is 0 Å². The van der Waals surface area contributed by atoms with E-state index < -0.39 is 0 Å². The van der Waals surface area contributed by atoms with E-state index in [0.29, 0.717) is 0 Å². The van der Waals surface area contributed by atoms with Crippen LogP contribution in [0.25, 0.3) is 0 Å². The molecule has 16 rings (SSSR count). The predicted octanol–water partition coefficient (Wildman–Crippen LogP) is 16.3. The second kappa shape index (κ2) is 21.0. The number of hydrogen-bond acceptors (Lipinski definition) is 1. The number of rotatable bonds is 8. The zero-order valence-corrected chi connectivity index (χ0v) is 46.8. The van der Waals surface area contributed by atoms with Gasteiger partial charge in [0.1, 0.15) is 104 Å². The van der Waals surface area contributed by atoms with Crippen molar-refractivity contribution < 1.29 is 0 Å². The molecule has 9 heteroatoms. The summed E-state index contributed by atoms with van der Waals surface area (Å²) >= 11 is 1.73. The number of aromatic nitrogens is 8. The Labute approximate surface area is 498 Å². The molecule has 2 aliphatic heterocycles. The first-order valence-corrected chi connectivity index (χ1v) is 29.5. The van der Waals surface area contributed by atoms with E-state index in [9.17, 15) is 0 Å². The van der Waals surface area contributed by atoms with E-state index in [2.05, 4.69) is 319 Å². The Balaban J connectivity index is 0.887. The molecule has 8 N–H and O–H groups in total. The maximum atomic E-state index is 4.03. The molecule has 0 spiro atoms. The molecule has 0 fully saturated rings. The minimum atomic E-state index is 0.954. The number of thioether (sulfide) groups is 1. The smallest absolute Gasteiger partial charge is 0.180 e. The molecule has 2 aliphatic rings. The van der Waals surface area contributed by atoms with E-state index in [-0.39, 0.29) is 0 Å². The third-order valence-electron chi connectivity index (χ3n) is 16.3. The summed E-state index contributed by atoms with van der Waals surface area (Å²) in [5.74, 6) is 6.39. The number of hydrogen-bond donors (Lipinski definition) is 8. The van der Waals surface area contributed by atoms with Crippen LogP contribution in [0, 0.1) is 46.0 Å². The first-order chi connectivity index (χ1) is 42.1. The largest absolute Gasteiger partial charge is 0.327 e. The van der Waals surface area contributed by atoms with Gasteiger partial charge in [-0.1, -0.05) is 0 Å². The molecule has 85 heavy (non-hydrogen) atoms. The van der Waals surface area contributed by atoms with Crippen molar-refractivity contribution in [3.63, 3.8) is 0 Å².